The molecule has 0 spiro atoms. The third-order valence-corrected chi connectivity index (χ3v) is 3.32. The highest BCUT2D eigenvalue weighted by molar-refractivity contribution is 5.94. The van der Waals surface area contributed by atoms with Gasteiger partial charge in [0.1, 0.15) is 0 Å². The van der Waals surface area contributed by atoms with Gasteiger partial charge in [-0.05, 0) is 44.8 Å². The summed E-state index contributed by atoms with van der Waals surface area (Å²) in [6.45, 7) is 2.71. The second-order valence-electron chi connectivity index (χ2n) is 5.07. The van der Waals surface area contributed by atoms with Crippen LogP contribution in [0.2, 0.25) is 0 Å². The Morgan fingerprint density at radius 1 is 1.25 bits per heavy atom. The molecule has 0 aliphatic carbocycles. The molecule has 1 unspecified atom stereocenters. The molecule has 1 atom stereocenters. The van der Waals surface area contributed by atoms with Crippen molar-refractivity contribution in [2.75, 3.05) is 44.5 Å². The Balaban J connectivity index is 2.67. The fourth-order valence-corrected chi connectivity index (χ4v) is 2.09. The first kappa shape index (κ1) is 16.5. The largest absolute Gasteiger partial charge is 0.395 e. The standard InChI is InChI=1S/C15H25N3O2/c1-5-14(17(2)3)15(20)16-12-6-8-13(9-7-12)18(4)10-11-19/h6-9,14,19H,5,10-11H2,1-4H3,(H,16,20). The molecule has 2 N–H and O–H groups in total. The maximum atomic E-state index is 12.1. The molecule has 0 saturated carbocycles. The van der Waals surface area contributed by atoms with Crippen molar-refractivity contribution in [1.82, 2.24) is 4.90 Å². The summed E-state index contributed by atoms with van der Waals surface area (Å²) in [5, 5.41) is 11.8. The minimum atomic E-state index is -0.119. The van der Waals surface area contributed by atoms with Gasteiger partial charge in [0.2, 0.25) is 5.91 Å². The first-order valence-corrected chi connectivity index (χ1v) is 6.89. The Kier molecular flexibility index (Phi) is 6.48. The van der Waals surface area contributed by atoms with Gasteiger partial charge in [-0.15, -0.1) is 0 Å². The molecule has 0 fully saturated rings. The number of hydrogen-bond donors (Lipinski definition) is 2. The van der Waals surface area contributed by atoms with Crippen LogP contribution in [0.4, 0.5) is 11.4 Å². The highest BCUT2D eigenvalue weighted by Gasteiger charge is 2.18. The summed E-state index contributed by atoms with van der Waals surface area (Å²) in [7, 11) is 5.73. The molecule has 0 radical (unpaired) electrons. The number of carbonyl (C=O) groups is 1. The average Bonchev–Trinajstić information content (AvgIpc) is 2.40. The SMILES string of the molecule is CCC(C(=O)Nc1ccc(N(C)CCO)cc1)N(C)C. The molecule has 5 heteroatoms. The number of benzene rings is 1. The van der Waals surface area contributed by atoms with E-state index in [1.54, 1.807) is 0 Å². The van der Waals surface area contributed by atoms with Crippen LogP contribution in [0.1, 0.15) is 13.3 Å². The number of nitrogens with zero attached hydrogens (tertiary/aromatic N) is 2. The van der Waals surface area contributed by atoms with Gasteiger partial charge in [0, 0.05) is 25.0 Å². The molecule has 0 heterocycles. The molecule has 1 amide bonds. The number of amides is 1. The van der Waals surface area contributed by atoms with E-state index in [9.17, 15) is 4.79 Å². The number of likely N-dealkylation sites (N-methyl/N-ethyl adjacent to an activating group) is 2. The number of aliphatic hydroxyl groups excluding tert-OH is 1. The smallest absolute Gasteiger partial charge is 0.241 e. The van der Waals surface area contributed by atoms with Gasteiger partial charge in [-0.3, -0.25) is 9.69 Å². The number of nitrogens with one attached hydrogen (secondary N) is 1. The van der Waals surface area contributed by atoms with Crippen LogP contribution >= 0.6 is 0 Å². The molecular weight excluding hydrogens is 254 g/mol. The van der Waals surface area contributed by atoms with Crippen LogP contribution in [0.5, 0.6) is 0 Å². The van der Waals surface area contributed by atoms with Gasteiger partial charge in [-0.25, -0.2) is 0 Å². The molecule has 5 nitrogen and oxygen atoms in total. The van der Waals surface area contributed by atoms with E-state index < -0.39 is 0 Å². The van der Waals surface area contributed by atoms with Gasteiger partial charge in [-0.2, -0.15) is 0 Å². The predicted octanol–water partition coefficient (Wildman–Crippen LogP) is 1.39. The number of carbonyl (C=O) groups excluding carboxylic acids is 1. The van der Waals surface area contributed by atoms with Crippen molar-refractivity contribution in [2.24, 2.45) is 0 Å². The maximum absolute atomic E-state index is 12.1. The van der Waals surface area contributed by atoms with Crippen molar-refractivity contribution in [3.8, 4) is 0 Å². The molecule has 1 aromatic rings. The number of hydrogen-bond acceptors (Lipinski definition) is 4. The van der Waals surface area contributed by atoms with E-state index in [-0.39, 0.29) is 18.6 Å². The Bertz CT molecular complexity index is 418. The minimum Gasteiger partial charge on any atom is -0.395 e. The Morgan fingerprint density at radius 2 is 1.85 bits per heavy atom. The average molecular weight is 279 g/mol. The molecule has 1 rings (SSSR count). The van der Waals surface area contributed by atoms with Gasteiger partial charge in [0.05, 0.1) is 12.6 Å². The summed E-state index contributed by atoms with van der Waals surface area (Å²) in [6.07, 6.45) is 0.774. The van der Waals surface area contributed by atoms with Crippen molar-refractivity contribution in [2.45, 2.75) is 19.4 Å². The Morgan fingerprint density at radius 3 is 2.30 bits per heavy atom. The van der Waals surface area contributed by atoms with Crippen LogP contribution in [0.3, 0.4) is 0 Å². The lowest BCUT2D eigenvalue weighted by atomic mass is 10.2. The zero-order valence-corrected chi connectivity index (χ0v) is 12.8. The highest BCUT2D eigenvalue weighted by atomic mass is 16.3. The van der Waals surface area contributed by atoms with Crippen LogP contribution in [-0.4, -0.2) is 56.3 Å². The van der Waals surface area contributed by atoms with Crippen molar-refractivity contribution < 1.29 is 9.90 Å². The topological polar surface area (TPSA) is 55.8 Å². The summed E-state index contributed by atoms with van der Waals surface area (Å²) in [5.74, 6) is 0.00830. The fourth-order valence-electron chi connectivity index (χ4n) is 2.09. The lowest BCUT2D eigenvalue weighted by Gasteiger charge is -2.22. The Labute approximate surface area is 121 Å². The van der Waals surface area contributed by atoms with Crippen LogP contribution in [0.25, 0.3) is 0 Å². The lowest BCUT2D eigenvalue weighted by molar-refractivity contribution is -0.120. The first-order valence-electron chi connectivity index (χ1n) is 6.89. The van der Waals surface area contributed by atoms with Crippen molar-refractivity contribution in [3.63, 3.8) is 0 Å². The second-order valence-corrected chi connectivity index (χ2v) is 5.07. The highest BCUT2D eigenvalue weighted by Crippen LogP contribution is 2.17. The van der Waals surface area contributed by atoms with E-state index in [1.165, 1.54) is 0 Å². The molecule has 112 valence electrons. The van der Waals surface area contributed by atoms with Crippen molar-refractivity contribution in [1.29, 1.82) is 0 Å². The zero-order valence-electron chi connectivity index (χ0n) is 12.8. The number of aliphatic hydroxyl groups is 1. The van der Waals surface area contributed by atoms with Gasteiger partial charge in [0.25, 0.3) is 0 Å². The van der Waals surface area contributed by atoms with Crippen LogP contribution in [0, 0.1) is 0 Å². The van der Waals surface area contributed by atoms with E-state index in [1.807, 2.05) is 62.1 Å². The summed E-state index contributed by atoms with van der Waals surface area (Å²) in [4.78, 5) is 16.0. The van der Waals surface area contributed by atoms with Crippen LogP contribution in [-0.2, 0) is 4.79 Å². The summed E-state index contributed by atoms with van der Waals surface area (Å²) in [6, 6.07) is 7.50. The maximum Gasteiger partial charge on any atom is 0.241 e. The van der Waals surface area contributed by atoms with Gasteiger partial charge in [-0.1, -0.05) is 6.92 Å². The van der Waals surface area contributed by atoms with E-state index in [0.29, 0.717) is 6.54 Å². The van der Waals surface area contributed by atoms with E-state index >= 15 is 0 Å². The summed E-state index contributed by atoms with van der Waals surface area (Å²) < 4.78 is 0. The first-order chi connectivity index (χ1) is 9.49. The molecular formula is C15H25N3O2. The zero-order chi connectivity index (χ0) is 15.1. The summed E-state index contributed by atoms with van der Waals surface area (Å²) >= 11 is 0. The van der Waals surface area contributed by atoms with E-state index in [0.717, 1.165) is 17.8 Å². The lowest BCUT2D eigenvalue weighted by Crippen LogP contribution is -2.39. The molecule has 20 heavy (non-hydrogen) atoms. The molecule has 0 saturated heterocycles. The molecule has 0 aromatic heterocycles. The molecule has 0 aliphatic heterocycles. The summed E-state index contributed by atoms with van der Waals surface area (Å²) in [5.41, 5.74) is 1.80. The number of rotatable bonds is 7. The minimum absolute atomic E-state index is 0.00830. The quantitative estimate of drug-likeness (QED) is 0.792. The predicted molar refractivity (Wildman–Crippen MR) is 83.2 cm³/mol. The molecule has 0 aliphatic rings. The van der Waals surface area contributed by atoms with E-state index in [2.05, 4.69) is 5.32 Å². The normalized spacial score (nSPS) is 12.3. The second kappa shape index (κ2) is 7.87. The van der Waals surface area contributed by atoms with Crippen LogP contribution in [0.15, 0.2) is 24.3 Å². The fraction of sp³-hybridized carbons (Fsp3) is 0.533. The van der Waals surface area contributed by atoms with Gasteiger partial charge < -0.3 is 15.3 Å². The van der Waals surface area contributed by atoms with E-state index in [4.69, 9.17) is 5.11 Å². The van der Waals surface area contributed by atoms with Crippen LogP contribution < -0.4 is 10.2 Å². The number of anilines is 2. The Hall–Kier alpha value is -1.59. The third kappa shape index (κ3) is 4.51. The van der Waals surface area contributed by atoms with Crippen molar-refractivity contribution in [3.05, 3.63) is 24.3 Å². The molecule has 1 aromatic carbocycles. The third-order valence-electron chi connectivity index (χ3n) is 3.32. The monoisotopic (exact) mass is 279 g/mol. The van der Waals surface area contributed by atoms with Gasteiger partial charge >= 0.3 is 0 Å². The van der Waals surface area contributed by atoms with Gasteiger partial charge in [0.15, 0.2) is 0 Å². The van der Waals surface area contributed by atoms with Crippen molar-refractivity contribution >= 4 is 17.3 Å². The molecule has 0 bridgehead atoms.